The summed E-state index contributed by atoms with van der Waals surface area (Å²) < 4.78 is 0. The second kappa shape index (κ2) is 6.71. The fraction of sp³-hybridized carbons (Fsp3) is 0.933. The summed E-state index contributed by atoms with van der Waals surface area (Å²) in [7, 11) is 0. The summed E-state index contributed by atoms with van der Waals surface area (Å²) in [5.41, 5.74) is 0. The van der Waals surface area contributed by atoms with Crippen molar-refractivity contribution in [2.75, 3.05) is 26.2 Å². The van der Waals surface area contributed by atoms with E-state index in [0.717, 1.165) is 26.2 Å². The number of piperazine rings is 1. The van der Waals surface area contributed by atoms with Crippen LogP contribution in [0.25, 0.3) is 0 Å². The Morgan fingerprint density at radius 3 is 2.37 bits per heavy atom. The van der Waals surface area contributed by atoms with Crippen LogP contribution in [0.1, 0.15) is 46.5 Å². The van der Waals surface area contributed by atoms with E-state index in [4.69, 9.17) is 0 Å². The SMILES string of the molecule is CC1NCCN(C(=O)C(C)N2CCCCCC2)C1C. The molecule has 2 heterocycles. The lowest BCUT2D eigenvalue weighted by Crippen LogP contribution is -2.60. The number of hydrogen-bond donors (Lipinski definition) is 1. The fourth-order valence-electron chi connectivity index (χ4n) is 3.25. The summed E-state index contributed by atoms with van der Waals surface area (Å²) in [6.07, 6.45) is 5.12. The zero-order chi connectivity index (χ0) is 13.8. The Hall–Kier alpha value is -0.610. The first-order chi connectivity index (χ1) is 9.11. The average Bonchev–Trinajstić information content (AvgIpc) is 2.69. The summed E-state index contributed by atoms with van der Waals surface area (Å²) in [5, 5.41) is 3.44. The lowest BCUT2D eigenvalue weighted by molar-refractivity contribution is -0.140. The third-order valence-electron chi connectivity index (χ3n) is 4.86. The van der Waals surface area contributed by atoms with Gasteiger partial charge in [-0.15, -0.1) is 0 Å². The lowest BCUT2D eigenvalue weighted by atomic mass is 10.1. The highest BCUT2D eigenvalue weighted by Crippen LogP contribution is 2.16. The van der Waals surface area contributed by atoms with Gasteiger partial charge in [0.15, 0.2) is 0 Å². The molecule has 3 atom stereocenters. The predicted octanol–water partition coefficient (Wildman–Crippen LogP) is 1.46. The summed E-state index contributed by atoms with van der Waals surface area (Å²) in [4.78, 5) is 17.2. The number of carbonyl (C=O) groups excluding carboxylic acids is 1. The molecule has 1 amide bonds. The van der Waals surface area contributed by atoms with Gasteiger partial charge in [-0.2, -0.15) is 0 Å². The van der Waals surface area contributed by atoms with E-state index in [0.29, 0.717) is 18.0 Å². The number of likely N-dealkylation sites (tertiary alicyclic amines) is 1. The number of carbonyl (C=O) groups is 1. The molecule has 0 spiro atoms. The van der Waals surface area contributed by atoms with Crippen molar-refractivity contribution < 1.29 is 4.79 Å². The smallest absolute Gasteiger partial charge is 0.239 e. The molecule has 2 saturated heterocycles. The molecule has 110 valence electrons. The first-order valence-electron chi connectivity index (χ1n) is 7.89. The molecule has 3 unspecified atom stereocenters. The van der Waals surface area contributed by atoms with Crippen LogP contribution in [0.2, 0.25) is 0 Å². The Balaban J connectivity index is 1.97. The standard InChI is InChI=1S/C15H29N3O/c1-12-13(2)18(11-8-16-12)15(19)14(3)17-9-6-4-5-7-10-17/h12-14,16H,4-11H2,1-3H3. The molecule has 19 heavy (non-hydrogen) atoms. The molecule has 0 aromatic rings. The fourth-order valence-corrected chi connectivity index (χ4v) is 3.25. The molecule has 2 fully saturated rings. The van der Waals surface area contributed by atoms with Gasteiger partial charge in [-0.3, -0.25) is 9.69 Å². The molecule has 1 N–H and O–H groups in total. The van der Waals surface area contributed by atoms with Crippen molar-refractivity contribution in [3.63, 3.8) is 0 Å². The van der Waals surface area contributed by atoms with Gasteiger partial charge in [0.2, 0.25) is 5.91 Å². The van der Waals surface area contributed by atoms with Gasteiger partial charge in [0.1, 0.15) is 0 Å². The van der Waals surface area contributed by atoms with Crippen molar-refractivity contribution in [1.82, 2.24) is 15.1 Å². The monoisotopic (exact) mass is 267 g/mol. The van der Waals surface area contributed by atoms with Crippen molar-refractivity contribution in [3.05, 3.63) is 0 Å². The molecule has 0 saturated carbocycles. The van der Waals surface area contributed by atoms with E-state index in [1.807, 2.05) is 0 Å². The van der Waals surface area contributed by atoms with Crippen LogP contribution in [0.4, 0.5) is 0 Å². The summed E-state index contributed by atoms with van der Waals surface area (Å²) in [6.45, 7) is 10.4. The van der Waals surface area contributed by atoms with Crippen molar-refractivity contribution in [2.24, 2.45) is 0 Å². The first-order valence-corrected chi connectivity index (χ1v) is 7.89. The largest absolute Gasteiger partial charge is 0.336 e. The topological polar surface area (TPSA) is 35.6 Å². The second-order valence-electron chi connectivity index (χ2n) is 6.14. The van der Waals surface area contributed by atoms with Crippen LogP contribution in [-0.2, 0) is 4.79 Å². The average molecular weight is 267 g/mol. The minimum absolute atomic E-state index is 0.0471. The first kappa shape index (κ1) is 14.8. The lowest BCUT2D eigenvalue weighted by Gasteiger charge is -2.41. The molecule has 2 aliphatic heterocycles. The number of nitrogens with one attached hydrogen (secondary N) is 1. The van der Waals surface area contributed by atoms with Gasteiger partial charge in [0, 0.05) is 25.2 Å². The maximum Gasteiger partial charge on any atom is 0.239 e. The minimum atomic E-state index is 0.0471. The van der Waals surface area contributed by atoms with E-state index in [2.05, 4.69) is 35.9 Å². The van der Waals surface area contributed by atoms with E-state index in [1.165, 1.54) is 25.7 Å². The highest BCUT2D eigenvalue weighted by atomic mass is 16.2. The normalized spacial score (nSPS) is 31.8. The van der Waals surface area contributed by atoms with Crippen LogP contribution in [0.15, 0.2) is 0 Å². The molecule has 4 nitrogen and oxygen atoms in total. The van der Waals surface area contributed by atoms with Crippen LogP contribution in [-0.4, -0.2) is 60.0 Å². The van der Waals surface area contributed by atoms with Crippen molar-refractivity contribution in [2.45, 2.75) is 64.6 Å². The van der Waals surface area contributed by atoms with Gasteiger partial charge in [0.25, 0.3) is 0 Å². The molecule has 2 aliphatic rings. The molecule has 4 heteroatoms. The van der Waals surface area contributed by atoms with Gasteiger partial charge >= 0.3 is 0 Å². The summed E-state index contributed by atoms with van der Waals surface area (Å²) in [5.74, 6) is 0.322. The van der Waals surface area contributed by atoms with E-state index < -0.39 is 0 Å². The third kappa shape index (κ3) is 3.48. The zero-order valence-electron chi connectivity index (χ0n) is 12.7. The van der Waals surface area contributed by atoms with E-state index in [-0.39, 0.29) is 6.04 Å². The molecule has 0 radical (unpaired) electrons. The van der Waals surface area contributed by atoms with E-state index in [9.17, 15) is 4.79 Å². The zero-order valence-corrected chi connectivity index (χ0v) is 12.7. The minimum Gasteiger partial charge on any atom is -0.336 e. The van der Waals surface area contributed by atoms with Gasteiger partial charge in [0.05, 0.1) is 6.04 Å². The van der Waals surface area contributed by atoms with Gasteiger partial charge in [-0.05, 0) is 46.7 Å². The third-order valence-corrected chi connectivity index (χ3v) is 4.86. The Kier molecular flexibility index (Phi) is 5.22. The van der Waals surface area contributed by atoms with Gasteiger partial charge in [-0.25, -0.2) is 0 Å². The number of rotatable bonds is 2. The maximum absolute atomic E-state index is 12.7. The molecule has 2 rings (SSSR count). The molecule has 0 aromatic carbocycles. The number of amides is 1. The van der Waals surface area contributed by atoms with Gasteiger partial charge < -0.3 is 10.2 Å². The van der Waals surface area contributed by atoms with E-state index >= 15 is 0 Å². The Morgan fingerprint density at radius 2 is 1.74 bits per heavy atom. The molecule has 0 aliphatic carbocycles. The quantitative estimate of drug-likeness (QED) is 0.823. The van der Waals surface area contributed by atoms with Crippen molar-refractivity contribution in [3.8, 4) is 0 Å². The van der Waals surface area contributed by atoms with Crippen LogP contribution in [0.5, 0.6) is 0 Å². The van der Waals surface area contributed by atoms with Crippen LogP contribution >= 0.6 is 0 Å². The van der Waals surface area contributed by atoms with Crippen LogP contribution in [0, 0.1) is 0 Å². The second-order valence-corrected chi connectivity index (χ2v) is 6.14. The molecule has 0 aromatic heterocycles. The highest BCUT2D eigenvalue weighted by molar-refractivity contribution is 5.82. The van der Waals surface area contributed by atoms with Crippen LogP contribution < -0.4 is 5.32 Å². The van der Waals surface area contributed by atoms with Crippen molar-refractivity contribution in [1.29, 1.82) is 0 Å². The molecule has 0 bridgehead atoms. The Labute approximate surface area is 117 Å². The molecular formula is C15H29N3O. The maximum atomic E-state index is 12.7. The van der Waals surface area contributed by atoms with Crippen LogP contribution in [0.3, 0.4) is 0 Å². The van der Waals surface area contributed by atoms with E-state index in [1.54, 1.807) is 0 Å². The Bertz CT molecular complexity index is 300. The predicted molar refractivity (Wildman–Crippen MR) is 78.1 cm³/mol. The Morgan fingerprint density at radius 1 is 1.11 bits per heavy atom. The summed E-state index contributed by atoms with van der Waals surface area (Å²) in [6, 6.07) is 0.746. The van der Waals surface area contributed by atoms with Gasteiger partial charge in [-0.1, -0.05) is 12.8 Å². The van der Waals surface area contributed by atoms with Crippen molar-refractivity contribution >= 4 is 5.91 Å². The number of hydrogen-bond acceptors (Lipinski definition) is 3. The number of nitrogens with zero attached hydrogens (tertiary/aromatic N) is 2. The summed E-state index contributed by atoms with van der Waals surface area (Å²) >= 11 is 0. The molecular weight excluding hydrogens is 238 g/mol. The highest BCUT2D eigenvalue weighted by Gasteiger charge is 2.32.